The number of thioether (sulfide) groups is 1. The van der Waals surface area contributed by atoms with E-state index in [4.69, 9.17) is 14.2 Å². The third-order valence-corrected chi connectivity index (χ3v) is 6.48. The molecule has 10 nitrogen and oxygen atoms in total. The van der Waals surface area contributed by atoms with Crippen LogP contribution in [0.5, 0.6) is 11.5 Å². The topological polar surface area (TPSA) is 132 Å². The number of rotatable bonds is 8. The first-order valence-electron chi connectivity index (χ1n) is 10.8. The first-order chi connectivity index (χ1) is 17.9. The maximum Gasteiger partial charge on any atom is 0.339 e. The van der Waals surface area contributed by atoms with Crippen molar-refractivity contribution in [2.75, 3.05) is 24.5 Å². The highest BCUT2D eigenvalue weighted by Gasteiger charge is 2.17. The number of carbonyl (C=O) groups excluding carboxylic acids is 4. The zero-order chi connectivity index (χ0) is 26.2. The fourth-order valence-electron chi connectivity index (χ4n) is 3.12. The van der Waals surface area contributed by atoms with Gasteiger partial charge in [0.05, 0.1) is 11.3 Å². The van der Waals surface area contributed by atoms with E-state index < -0.39 is 24.4 Å². The van der Waals surface area contributed by atoms with Crippen molar-refractivity contribution in [1.29, 1.82) is 0 Å². The fraction of sp³-hybridized carbons (Fsp3) is 0.120. The first kappa shape index (κ1) is 26.0. The van der Waals surface area contributed by atoms with Gasteiger partial charge < -0.3 is 19.5 Å². The molecule has 0 saturated carbocycles. The summed E-state index contributed by atoms with van der Waals surface area (Å²) < 4.78 is 16.4. The van der Waals surface area contributed by atoms with Crippen LogP contribution in [0.3, 0.4) is 0 Å². The number of hydrazine groups is 1. The van der Waals surface area contributed by atoms with Gasteiger partial charge in [-0.2, -0.15) is 0 Å². The van der Waals surface area contributed by atoms with Gasteiger partial charge in [0.1, 0.15) is 0 Å². The minimum Gasteiger partial charge on any atom is -0.454 e. The summed E-state index contributed by atoms with van der Waals surface area (Å²) in [6.07, 6.45) is 0. The monoisotopic (exact) mass is 585 g/mol. The van der Waals surface area contributed by atoms with E-state index in [9.17, 15) is 19.2 Å². The summed E-state index contributed by atoms with van der Waals surface area (Å²) >= 11 is 4.42. The van der Waals surface area contributed by atoms with Crippen LogP contribution in [0.2, 0.25) is 0 Å². The molecule has 0 aromatic heterocycles. The molecule has 4 rings (SSSR count). The molecule has 0 spiro atoms. The Morgan fingerprint density at radius 1 is 0.892 bits per heavy atom. The summed E-state index contributed by atoms with van der Waals surface area (Å²) in [6.45, 7) is -0.471. The standard InChI is InChI=1S/C25H20BrN3O7S/c26-16-7-5-15(6-8-16)24(32)29-28-22(30)12-34-25(33)18-3-1-2-4-21(18)37-13-23(31)27-17-9-10-19-20(11-17)36-14-35-19/h1-11H,12-14H2,(H,27,31)(H,28,30)(H,29,32). The SMILES string of the molecule is O=C(COC(=O)c1ccccc1SCC(=O)Nc1ccc2c(c1)OCO2)NNC(=O)c1ccc(Br)cc1. The van der Waals surface area contributed by atoms with Gasteiger partial charge >= 0.3 is 5.97 Å². The molecule has 0 atom stereocenters. The number of hydrogen-bond donors (Lipinski definition) is 3. The minimum absolute atomic E-state index is 0.0291. The van der Waals surface area contributed by atoms with Crippen LogP contribution in [0.15, 0.2) is 76.1 Å². The predicted molar refractivity (Wildman–Crippen MR) is 138 cm³/mol. The molecule has 3 aromatic carbocycles. The molecule has 3 amide bonds. The zero-order valence-corrected chi connectivity index (χ0v) is 21.5. The van der Waals surface area contributed by atoms with Crippen molar-refractivity contribution in [2.24, 2.45) is 0 Å². The molecule has 1 heterocycles. The zero-order valence-electron chi connectivity index (χ0n) is 19.1. The molecule has 190 valence electrons. The number of ether oxygens (including phenoxy) is 3. The van der Waals surface area contributed by atoms with Crippen molar-refractivity contribution in [3.63, 3.8) is 0 Å². The second kappa shape index (κ2) is 12.3. The van der Waals surface area contributed by atoms with Gasteiger partial charge in [-0.05, 0) is 48.5 Å². The Kier molecular flexibility index (Phi) is 8.64. The molecule has 0 aliphatic carbocycles. The fourth-order valence-corrected chi connectivity index (χ4v) is 4.23. The van der Waals surface area contributed by atoms with Gasteiger partial charge in [-0.3, -0.25) is 25.2 Å². The van der Waals surface area contributed by atoms with Gasteiger partial charge in [0, 0.05) is 26.7 Å². The van der Waals surface area contributed by atoms with Crippen LogP contribution in [-0.4, -0.2) is 42.8 Å². The number of benzene rings is 3. The Labute approximate surface area is 224 Å². The lowest BCUT2D eigenvalue weighted by atomic mass is 10.2. The van der Waals surface area contributed by atoms with Gasteiger partial charge in [-0.25, -0.2) is 4.79 Å². The second-order valence-corrected chi connectivity index (χ2v) is 9.42. The maximum atomic E-state index is 12.6. The highest BCUT2D eigenvalue weighted by atomic mass is 79.9. The van der Waals surface area contributed by atoms with E-state index in [1.165, 1.54) is 6.07 Å². The van der Waals surface area contributed by atoms with E-state index in [-0.39, 0.29) is 24.0 Å². The summed E-state index contributed by atoms with van der Waals surface area (Å²) in [4.78, 5) is 49.6. The molecule has 0 fully saturated rings. The number of fused-ring (bicyclic) bond motifs is 1. The summed E-state index contributed by atoms with van der Waals surface area (Å²) in [5.74, 6) is -1.07. The van der Waals surface area contributed by atoms with Gasteiger partial charge in [-0.15, -0.1) is 11.8 Å². The highest BCUT2D eigenvalue weighted by molar-refractivity contribution is 9.10. The van der Waals surface area contributed by atoms with Crippen LogP contribution in [0.4, 0.5) is 5.69 Å². The number of amides is 3. The van der Waals surface area contributed by atoms with Crippen molar-refractivity contribution < 1.29 is 33.4 Å². The molecule has 3 N–H and O–H groups in total. The van der Waals surface area contributed by atoms with Crippen molar-refractivity contribution >= 4 is 57.1 Å². The molecular formula is C25H20BrN3O7S. The van der Waals surface area contributed by atoms with E-state index in [1.807, 2.05) is 0 Å². The minimum atomic E-state index is -0.742. The van der Waals surface area contributed by atoms with E-state index in [2.05, 4.69) is 32.1 Å². The Morgan fingerprint density at radius 3 is 2.46 bits per heavy atom. The Morgan fingerprint density at radius 2 is 1.65 bits per heavy atom. The molecule has 0 radical (unpaired) electrons. The molecule has 12 heteroatoms. The summed E-state index contributed by atoms with van der Waals surface area (Å²) in [5.41, 5.74) is 5.55. The molecule has 0 saturated heterocycles. The lowest BCUT2D eigenvalue weighted by Gasteiger charge is -2.11. The molecule has 0 unspecified atom stereocenters. The van der Waals surface area contributed by atoms with Gasteiger partial charge in [-0.1, -0.05) is 28.1 Å². The van der Waals surface area contributed by atoms with Crippen LogP contribution < -0.4 is 25.6 Å². The van der Waals surface area contributed by atoms with Crippen LogP contribution in [0, 0.1) is 0 Å². The average molecular weight is 586 g/mol. The van der Waals surface area contributed by atoms with E-state index in [0.29, 0.717) is 27.6 Å². The van der Waals surface area contributed by atoms with E-state index in [1.54, 1.807) is 60.7 Å². The van der Waals surface area contributed by atoms with Crippen LogP contribution in [-0.2, 0) is 14.3 Å². The lowest BCUT2D eigenvalue weighted by molar-refractivity contribution is -0.125. The van der Waals surface area contributed by atoms with Crippen LogP contribution in [0.25, 0.3) is 0 Å². The number of nitrogens with one attached hydrogen (secondary N) is 3. The third kappa shape index (κ3) is 7.24. The van der Waals surface area contributed by atoms with E-state index >= 15 is 0 Å². The smallest absolute Gasteiger partial charge is 0.339 e. The van der Waals surface area contributed by atoms with Gasteiger partial charge in [0.15, 0.2) is 18.1 Å². The molecule has 1 aliphatic rings. The van der Waals surface area contributed by atoms with Crippen LogP contribution in [0.1, 0.15) is 20.7 Å². The van der Waals surface area contributed by atoms with Crippen molar-refractivity contribution in [1.82, 2.24) is 10.9 Å². The quantitative estimate of drug-likeness (QED) is 0.208. The lowest BCUT2D eigenvalue weighted by Crippen LogP contribution is -2.43. The second-order valence-electron chi connectivity index (χ2n) is 7.49. The predicted octanol–water partition coefficient (Wildman–Crippen LogP) is 3.53. The number of esters is 1. The number of carbonyl (C=O) groups is 4. The van der Waals surface area contributed by atoms with Crippen molar-refractivity contribution in [2.45, 2.75) is 4.90 Å². The van der Waals surface area contributed by atoms with Crippen molar-refractivity contribution in [3.8, 4) is 11.5 Å². The highest BCUT2D eigenvalue weighted by Crippen LogP contribution is 2.34. The van der Waals surface area contributed by atoms with Crippen LogP contribution >= 0.6 is 27.7 Å². The number of anilines is 1. The average Bonchev–Trinajstić information content (AvgIpc) is 3.38. The molecule has 37 heavy (non-hydrogen) atoms. The third-order valence-electron chi connectivity index (χ3n) is 4.88. The molecule has 0 bridgehead atoms. The Balaban J connectivity index is 1.24. The molecule has 1 aliphatic heterocycles. The molecule has 3 aromatic rings. The normalized spacial score (nSPS) is 11.4. The number of halogens is 1. The summed E-state index contributed by atoms with van der Waals surface area (Å²) in [7, 11) is 0. The van der Waals surface area contributed by atoms with E-state index in [0.717, 1.165) is 16.2 Å². The van der Waals surface area contributed by atoms with Gasteiger partial charge in [0.25, 0.3) is 11.8 Å². The summed E-state index contributed by atoms with van der Waals surface area (Å²) in [5, 5.41) is 2.77. The number of hydrogen-bond acceptors (Lipinski definition) is 8. The Bertz CT molecular complexity index is 1330. The Hall–Kier alpha value is -4.03. The van der Waals surface area contributed by atoms with Gasteiger partial charge in [0.2, 0.25) is 12.7 Å². The first-order valence-corrected chi connectivity index (χ1v) is 12.6. The maximum absolute atomic E-state index is 12.6. The summed E-state index contributed by atoms with van der Waals surface area (Å²) in [6, 6.07) is 18.2. The molecular weight excluding hydrogens is 566 g/mol. The van der Waals surface area contributed by atoms with Crippen molar-refractivity contribution in [3.05, 3.63) is 82.3 Å². The largest absolute Gasteiger partial charge is 0.454 e.